The van der Waals surface area contributed by atoms with Crippen molar-refractivity contribution in [2.75, 3.05) is 13.7 Å². The summed E-state index contributed by atoms with van der Waals surface area (Å²) in [6, 6.07) is 7.49. The minimum absolute atomic E-state index is 0.241. The SMILES string of the molecule is COC1CC(NCc2ccc3c(c2)CNCC3)C1(C)C. The third-order valence-electron chi connectivity index (χ3n) is 5.17. The Morgan fingerprint density at radius 2 is 2.20 bits per heavy atom. The molecule has 1 saturated carbocycles. The summed E-state index contributed by atoms with van der Waals surface area (Å²) in [6.45, 7) is 7.67. The molecule has 2 atom stereocenters. The topological polar surface area (TPSA) is 33.3 Å². The summed E-state index contributed by atoms with van der Waals surface area (Å²) in [5, 5.41) is 7.14. The molecule has 1 aliphatic heterocycles. The van der Waals surface area contributed by atoms with Crippen LogP contribution in [0.2, 0.25) is 0 Å². The number of hydrogen-bond acceptors (Lipinski definition) is 3. The van der Waals surface area contributed by atoms with E-state index >= 15 is 0 Å². The molecular formula is C17H26N2O. The molecule has 0 radical (unpaired) electrons. The molecule has 1 aromatic rings. The highest BCUT2D eigenvalue weighted by molar-refractivity contribution is 5.33. The molecule has 1 aliphatic carbocycles. The molecule has 110 valence electrons. The molecule has 2 unspecified atom stereocenters. The normalized spacial score (nSPS) is 27.8. The van der Waals surface area contributed by atoms with Crippen LogP contribution in [0.5, 0.6) is 0 Å². The molecule has 1 fully saturated rings. The van der Waals surface area contributed by atoms with Crippen LogP contribution in [0.4, 0.5) is 0 Å². The van der Waals surface area contributed by atoms with E-state index in [0.717, 1.165) is 32.5 Å². The molecule has 3 heteroatoms. The van der Waals surface area contributed by atoms with Crippen molar-refractivity contribution >= 4 is 0 Å². The molecule has 0 spiro atoms. The molecule has 1 heterocycles. The predicted octanol–water partition coefficient (Wildman–Crippen LogP) is 2.24. The Balaban J connectivity index is 1.59. The smallest absolute Gasteiger partial charge is 0.0652 e. The zero-order valence-electron chi connectivity index (χ0n) is 12.8. The lowest BCUT2D eigenvalue weighted by Gasteiger charge is -2.51. The number of rotatable bonds is 4. The maximum atomic E-state index is 5.51. The van der Waals surface area contributed by atoms with Crippen LogP contribution in [-0.2, 0) is 24.2 Å². The summed E-state index contributed by atoms with van der Waals surface area (Å²) in [5.41, 5.74) is 4.61. The summed E-state index contributed by atoms with van der Waals surface area (Å²) in [7, 11) is 1.82. The van der Waals surface area contributed by atoms with Gasteiger partial charge in [-0.3, -0.25) is 0 Å². The lowest BCUT2D eigenvalue weighted by atomic mass is 9.64. The average Bonchev–Trinajstić information content (AvgIpc) is 2.46. The summed E-state index contributed by atoms with van der Waals surface area (Å²) in [6.07, 6.45) is 2.68. The minimum Gasteiger partial charge on any atom is -0.381 e. The molecular weight excluding hydrogens is 248 g/mol. The van der Waals surface area contributed by atoms with Gasteiger partial charge in [-0.1, -0.05) is 32.0 Å². The molecule has 2 N–H and O–H groups in total. The Labute approximate surface area is 122 Å². The van der Waals surface area contributed by atoms with Gasteiger partial charge in [0.15, 0.2) is 0 Å². The van der Waals surface area contributed by atoms with Gasteiger partial charge in [0.2, 0.25) is 0 Å². The van der Waals surface area contributed by atoms with Crippen LogP contribution in [0.3, 0.4) is 0 Å². The fourth-order valence-corrected chi connectivity index (χ4v) is 3.52. The standard InChI is InChI=1S/C17H26N2O/c1-17(2)15(9-16(17)20-3)19-10-12-4-5-13-6-7-18-11-14(13)8-12/h4-5,8,15-16,18-19H,6-7,9-11H2,1-3H3. The zero-order chi connectivity index (χ0) is 14.2. The van der Waals surface area contributed by atoms with Gasteiger partial charge in [0.25, 0.3) is 0 Å². The second-order valence-electron chi connectivity index (χ2n) is 6.74. The fourth-order valence-electron chi connectivity index (χ4n) is 3.52. The van der Waals surface area contributed by atoms with Gasteiger partial charge in [0, 0.05) is 31.7 Å². The minimum atomic E-state index is 0.241. The van der Waals surface area contributed by atoms with Crippen molar-refractivity contribution in [1.82, 2.24) is 10.6 Å². The Bertz CT molecular complexity index is 484. The molecule has 0 aromatic heterocycles. The van der Waals surface area contributed by atoms with E-state index in [1.807, 2.05) is 7.11 Å². The second-order valence-corrected chi connectivity index (χ2v) is 6.74. The van der Waals surface area contributed by atoms with Crippen LogP contribution in [0, 0.1) is 5.41 Å². The Hall–Kier alpha value is -0.900. The highest BCUT2D eigenvalue weighted by atomic mass is 16.5. The monoisotopic (exact) mass is 274 g/mol. The Morgan fingerprint density at radius 3 is 2.95 bits per heavy atom. The fraction of sp³-hybridized carbons (Fsp3) is 0.647. The van der Waals surface area contributed by atoms with E-state index in [1.165, 1.54) is 16.7 Å². The Kier molecular flexibility index (Phi) is 3.85. The average molecular weight is 274 g/mol. The molecule has 3 rings (SSSR count). The quantitative estimate of drug-likeness (QED) is 0.883. The van der Waals surface area contributed by atoms with Crippen LogP contribution in [0.1, 0.15) is 37.0 Å². The van der Waals surface area contributed by atoms with E-state index in [4.69, 9.17) is 4.74 Å². The number of benzene rings is 1. The summed E-state index contributed by atoms with van der Waals surface area (Å²) in [4.78, 5) is 0. The number of methoxy groups -OCH3 is 1. The number of hydrogen-bond donors (Lipinski definition) is 2. The number of fused-ring (bicyclic) bond motifs is 1. The molecule has 0 saturated heterocycles. The van der Waals surface area contributed by atoms with Crippen LogP contribution >= 0.6 is 0 Å². The van der Waals surface area contributed by atoms with Crippen molar-refractivity contribution in [3.05, 3.63) is 34.9 Å². The molecule has 20 heavy (non-hydrogen) atoms. The van der Waals surface area contributed by atoms with Gasteiger partial charge in [0.1, 0.15) is 0 Å². The maximum absolute atomic E-state index is 5.51. The summed E-state index contributed by atoms with van der Waals surface area (Å²) >= 11 is 0. The second kappa shape index (κ2) is 5.47. The highest BCUT2D eigenvalue weighted by Crippen LogP contribution is 2.42. The largest absolute Gasteiger partial charge is 0.381 e. The van der Waals surface area contributed by atoms with Crippen molar-refractivity contribution in [3.8, 4) is 0 Å². The van der Waals surface area contributed by atoms with E-state index in [9.17, 15) is 0 Å². The van der Waals surface area contributed by atoms with Gasteiger partial charge < -0.3 is 15.4 Å². The first-order chi connectivity index (χ1) is 9.61. The maximum Gasteiger partial charge on any atom is 0.0652 e. The third-order valence-corrected chi connectivity index (χ3v) is 5.17. The van der Waals surface area contributed by atoms with Crippen molar-refractivity contribution in [2.45, 2.75) is 51.9 Å². The lowest BCUT2D eigenvalue weighted by Crippen LogP contribution is -2.60. The van der Waals surface area contributed by atoms with E-state index < -0.39 is 0 Å². The van der Waals surface area contributed by atoms with E-state index in [-0.39, 0.29) is 5.41 Å². The van der Waals surface area contributed by atoms with Crippen LogP contribution in [0.25, 0.3) is 0 Å². The van der Waals surface area contributed by atoms with Gasteiger partial charge in [-0.25, -0.2) is 0 Å². The molecule has 0 bridgehead atoms. The van der Waals surface area contributed by atoms with Crippen LogP contribution in [-0.4, -0.2) is 25.8 Å². The van der Waals surface area contributed by atoms with E-state index in [1.54, 1.807) is 0 Å². The first-order valence-electron chi connectivity index (χ1n) is 7.69. The molecule has 2 aliphatic rings. The van der Waals surface area contributed by atoms with Gasteiger partial charge in [0.05, 0.1) is 6.10 Å². The Morgan fingerprint density at radius 1 is 1.35 bits per heavy atom. The van der Waals surface area contributed by atoms with Gasteiger partial charge in [-0.15, -0.1) is 0 Å². The third kappa shape index (κ3) is 2.50. The van der Waals surface area contributed by atoms with E-state index in [2.05, 4.69) is 42.7 Å². The van der Waals surface area contributed by atoms with Crippen LogP contribution < -0.4 is 10.6 Å². The molecule has 0 amide bonds. The summed E-state index contributed by atoms with van der Waals surface area (Å²) in [5.74, 6) is 0. The van der Waals surface area contributed by atoms with E-state index in [0.29, 0.717) is 12.1 Å². The first kappa shape index (κ1) is 14.1. The van der Waals surface area contributed by atoms with Gasteiger partial charge >= 0.3 is 0 Å². The van der Waals surface area contributed by atoms with Gasteiger partial charge in [-0.05, 0) is 36.1 Å². The van der Waals surface area contributed by atoms with Crippen molar-refractivity contribution in [1.29, 1.82) is 0 Å². The molecule has 3 nitrogen and oxygen atoms in total. The first-order valence-corrected chi connectivity index (χ1v) is 7.69. The highest BCUT2D eigenvalue weighted by Gasteiger charge is 2.48. The van der Waals surface area contributed by atoms with Crippen molar-refractivity contribution in [3.63, 3.8) is 0 Å². The van der Waals surface area contributed by atoms with Crippen molar-refractivity contribution in [2.24, 2.45) is 5.41 Å². The number of ether oxygens (including phenoxy) is 1. The van der Waals surface area contributed by atoms with Crippen LogP contribution in [0.15, 0.2) is 18.2 Å². The number of nitrogens with one attached hydrogen (secondary N) is 2. The zero-order valence-corrected chi connectivity index (χ0v) is 12.8. The summed E-state index contributed by atoms with van der Waals surface area (Å²) < 4.78 is 5.51. The predicted molar refractivity (Wildman–Crippen MR) is 81.7 cm³/mol. The van der Waals surface area contributed by atoms with Crippen molar-refractivity contribution < 1.29 is 4.74 Å². The molecule has 1 aromatic carbocycles. The lowest BCUT2D eigenvalue weighted by molar-refractivity contribution is -0.0979. The van der Waals surface area contributed by atoms with Gasteiger partial charge in [-0.2, -0.15) is 0 Å².